The largest absolute Gasteiger partial charge is 0.461 e. The van der Waals surface area contributed by atoms with Gasteiger partial charge < -0.3 is 19.5 Å². The van der Waals surface area contributed by atoms with Gasteiger partial charge in [0.15, 0.2) is 0 Å². The molecule has 0 radical (unpaired) electrons. The van der Waals surface area contributed by atoms with Gasteiger partial charge in [0.05, 0.1) is 24.0 Å². The van der Waals surface area contributed by atoms with Crippen LogP contribution in [-0.4, -0.2) is 39.7 Å². The zero-order valence-electron chi connectivity index (χ0n) is 18.6. The van der Waals surface area contributed by atoms with E-state index in [1.165, 1.54) is 17.7 Å². The number of nitrogens with zero attached hydrogens (tertiary/aromatic N) is 2. The number of anilines is 1. The van der Waals surface area contributed by atoms with Gasteiger partial charge in [0, 0.05) is 24.4 Å². The second kappa shape index (κ2) is 9.09. The number of carbonyl (C=O) groups is 3. The van der Waals surface area contributed by atoms with Gasteiger partial charge in [0.25, 0.3) is 0 Å². The van der Waals surface area contributed by atoms with Crippen LogP contribution in [0.2, 0.25) is 0 Å². The third kappa shape index (κ3) is 5.42. The van der Waals surface area contributed by atoms with Crippen LogP contribution in [-0.2, 0) is 14.3 Å². The van der Waals surface area contributed by atoms with Gasteiger partial charge in [-0.2, -0.15) is 0 Å². The van der Waals surface area contributed by atoms with E-state index in [1.807, 2.05) is 0 Å². The van der Waals surface area contributed by atoms with Gasteiger partial charge in [0.1, 0.15) is 17.0 Å². The van der Waals surface area contributed by atoms with Gasteiger partial charge in [-0.15, -0.1) is 0 Å². The SMILES string of the molecule is CCOC(=O)c1cc2ccc(Oc3ccc(NC(C)=O)cn3)cc2n1C(=O)OC(C)(C)C. The van der Waals surface area contributed by atoms with Gasteiger partial charge >= 0.3 is 12.1 Å². The lowest BCUT2D eigenvalue weighted by Gasteiger charge is -2.20. The van der Waals surface area contributed by atoms with Gasteiger partial charge in [-0.1, -0.05) is 0 Å². The molecular weight excluding hydrogens is 414 g/mol. The Morgan fingerprint density at radius 2 is 1.84 bits per heavy atom. The highest BCUT2D eigenvalue weighted by Crippen LogP contribution is 2.29. The van der Waals surface area contributed by atoms with Gasteiger partial charge in [-0.25, -0.2) is 19.1 Å². The highest BCUT2D eigenvalue weighted by atomic mass is 16.6. The highest BCUT2D eigenvalue weighted by molar-refractivity contribution is 6.02. The maximum absolute atomic E-state index is 12.9. The number of nitrogens with one attached hydrogen (secondary N) is 1. The molecule has 168 valence electrons. The van der Waals surface area contributed by atoms with E-state index >= 15 is 0 Å². The quantitative estimate of drug-likeness (QED) is 0.572. The molecule has 32 heavy (non-hydrogen) atoms. The van der Waals surface area contributed by atoms with Crippen molar-refractivity contribution in [3.8, 4) is 11.6 Å². The molecule has 0 bridgehead atoms. The molecule has 0 aliphatic carbocycles. The number of hydrogen-bond donors (Lipinski definition) is 1. The first-order valence-electron chi connectivity index (χ1n) is 10.0. The summed E-state index contributed by atoms with van der Waals surface area (Å²) in [5.74, 6) is -0.145. The first-order valence-corrected chi connectivity index (χ1v) is 10.0. The average Bonchev–Trinajstić information content (AvgIpc) is 3.07. The average molecular weight is 439 g/mol. The predicted molar refractivity (Wildman–Crippen MR) is 118 cm³/mol. The third-order valence-electron chi connectivity index (χ3n) is 4.12. The Bertz CT molecular complexity index is 1160. The summed E-state index contributed by atoms with van der Waals surface area (Å²) in [6, 6.07) is 9.86. The van der Waals surface area contributed by atoms with Crippen molar-refractivity contribution in [1.82, 2.24) is 9.55 Å². The highest BCUT2D eigenvalue weighted by Gasteiger charge is 2.26. The van der Waals surface area contributed by atoms with Crippen LogP contribution in [0.5, 0.6) is 11.6 Å². The van der Waals surface area contributed by atoms with Crippen LogP contribution in [0.3, 0.4) is 0 Å². The van der Waals surface area contributed by atoms with E-state index in [2.05, 4.69) is 10.3 Å². The summed E-state index contributed by atoms with van der Waals surface area (Å²) in [7, 11) is 0. The number of hydrogen-bond acceptors (Lipinski definition) is 7. The van der Waals surface area contributed by atoms with Crippen LogP contribution >= 0.6 is 0 Å². The van der Waals surface area contributed by atoms with E-state index < -0.39 is 17.7 Å². The number of ether oxygens (including phenoxy) is 3. The number of amides is 1. The number of pyridine rings is 1. The van der Waals surface area contributed by atoms with E-state index in [0.29, 0.717) is 28.2 Å². The molecule has 0 saturated carbocycles. The third-order valence-corrected chi connectivity index (χ3v) is 4.12. The summed E-state index contributed by atoms with van der Waals surface area (Å²) in [6.45, 7) is 8.49. The number of aromatic nitrogens is 2. The number of benzene rings is 1. The van der Waals surface area contributed by atoms with Gasteiger partial charge in [-0.05, 0) is 52.0 Å². The fourth-order valence-electron chi connectivity index (χ4n) is 2.94. The van der Waals surface area contributed by atoms with Crippen molar-refractivity contribution >= 4 is 34.6 Å². The fourth-order valence-corrected chi connectivity index (χ4v) is 2.94. The lowest BCUT2D eigenvalue weighted by Crippen LogP contribution is -2.29. The normalized spacial score (nSPS) is 11.2. The van der Waals surface area contributed by atoms with Crippen molar-refractivity contribution in [2.75, 3.05) is 11.9 Å². The van der Waals surface area contributed by atoms with Crippen LogP contribution in [0.15, 0.2) is 42.6 Å². The Kier molecular flexibility index (Phi) is 6.47. The van der Waals surface area contributed by atoms with Crippen molar-refractivity contribution in [2.45, 2.75) is 40.2 Å². The zero-order chi connectivity index (χ0) is 23.5. The molecule has 0 spiro atoms. The van der Waals surface area contributed by atoms with E-state index in [9.17, 15) is 14.4 Å². The van der Waals surface area contributed by atoms with Crippen LogP contribution in [0.1, 0.15) is 45.1 Å². The maximum Gasteiger partial charge on any atom is 0.419 e. The van der Waals surface area contributed by atoms with Crippen molar-refractivity contribution < 1.29 is 28.6 Å². The molecule has 1 amide bonds. The van der Waals surface area contributed by atoms with Crippen molar-refractivity contribution in [3.05, 3.63) is 48.3 Å². The minimum Gasteiger partial charge on any atom is -0.461 e. The van der Waals surface area contributed by atoms with Crippen LogP contribution in [0.4, 0.5) is 10.5 Å². The molecule has 0 fully saturated rings. The summed E-state index contributed by atoms with van der Waals surface area (Å²) in [4.78, 5) is 40.7. The van der Waals surface area contributed by atoms with E-state index in [0.717, 1.165) is 0 Å². The molecule has 2 aromatic heterocycles. The molecule has 0 atom stereocenters. The standard InChI is InChI=1S/C23H25N3O6/c1-6-30-21(28)19-11-15-7-9-17(12-18(15)26(19)22(29)32-23(3,4)5)31-20-10-8-16(13-24-20)25-14(2)27/h7-13H,6H2,1-5H3,(H,25,27). The summed E-state index contributed by atoms with van der Waals surface area (Å²) in [5.41, 5.74) is 0.270. The Labute approximate surface area is 185 Å². The van der Waals surface area contributed by atoms with Crippen LogP contribution in [0.25, 0.3) is 10.9 Å². The van der Waals surface area contributed by atoms with Crippen molar-refractivity contribution in [1.29, 1.82) is 0 Å². The lowest BCUT2D eigenvalue weighted by atomic mass is 10.2. The topological polar surface area (TPSA) is 109 Å². The van der Waals surface area contributed by atoms with Gasteiger partial charge in [0.2, 0.25) is 11.8 Å². The number of rotatable bonds is 5. The second-order valence-electron chi connectivity index (χ2n) is 7.95. The predicted octanol–water partition coefficient (Wildman–Crippen LogP) is 4.75. The Balaban J connectivity index is 1.98. The second-order valence-corrected chi connectivity index (χ2v) is 7.95. The van der Waals surface area contributed by atoms with Crippen LogP contribution < -0.4 is 10.1 Å². The van der Waals surface area contributed by atoms with Crippen LogP contribution in [0, 0.1) is 0 Å². The van der Waals surface area contributed by atoms with E-state index in [-0.39, 0.29) is 18.2 Å². The zero-order valence-corrected chi connectivity index (χ0v) is 18.6. The fraction of sp³-hybridized carbons (Fsp3) is 0.304. The molecule has 2 heterocycles. The first-order chi connectivity index (χ1) is 15.1. The van der Waals surface area contributed by atoms with Crippen molar-refractivity contribution in [2.24, 2.45) is 0 Å². The smallest absolute Gasteiger partial charge is 0.419 e. The summed E-state index contributed by atoms with van der Waals surface area (Å²) in [5, 5.41) is 3.27. The van der Waals surface area contributed by atoms with Gasteiger partial charge in [-0.3, -0.25) is 4.79 Å². The molecule has 0 saturated heterocycles. The van der Waals surface area contributed by atoms with E-state index in [1.54, 1.807) is 64.1 Å². The van der Waals surface area contributed by atoms with Crippen molar-refractivity contribution in [3.63, 3.8) is 0 Å². The minimum atomic E-state index is -0.757. The lowest BCUT2D eigenvalue weighted by molar-refractivity contribution is -0.114. The first kappa shape index (κ1) is 22.8. The summed E-state index contributed by atoms with van der Waals surface area (Å²) in [6.07, 6.45) is 0.767. The molecule has 0 aliphatic heterocycles. The Hall–Kier alpha value is -3.88. The summed E-state index contributed by atoms with van der Waals surface area (Å²) >= 11 is 0. The number of fused-ring (bicyclic) bond motifs is 1. The molecule has 0 aliphatic rings. The Morgan fingerprint density at radius 3 is 2.44 bits per heavy atom. The minimum absolute atomic E-state index is 0.0611. The molecule has 1 aromatic carbocycles. The molecule has 0 unspecified atom stereocenters. The molecule has 1 N–H and O–H groups in total. The molecule has 9 nitrogen and oxygen atoms in total. The number of carbonyl (C=O) groups excluding carboxylic acids is 3. The summed E-state index contributed by atoms with van der Waals surface area (Å²) < 4.78 is 17.6. The molecule has 9 heteroatoms. The monoisotopic (exact) mass is 439 g/mol. The van der Waals surface area contributed by atoms with E-state index in [4.69, 9.17) is 14.2 Å². The maximum atomic E-state index is 12.9. The number of esters is 1. The molecule has 3 aromatic rings. The molecular formula is C23H25N3O6. The Morgan fingerprint density at radius 1 is 1.09 bits per heavy atom. The molecule has 3 rings (SSSR count).